The zero-order valence-corrected chi connectivity index (χ0v) is 38.4. The van der Waals surface area contributed by atoms with E-state index < -0.39 is 64.6 Å². The smallest absolute Gasteiger partial charge is 0.380 e. The van der Waals surface area contributed by atoms with Crippen molar-refractivity contribution in [2.24, 2.45) is 16.2 Å². The number of alkyl halides is 5. The number of amides is 1. The van der Waals surface area contributed by atoms with E-state index in [1.165, 1.54) is 35.0 Å². The summed E-state index contributed by atoms with van der Waals surface area (Å²) in [7, 11) is -7.23. The number of halogens is 5. The van der Waals surface area contributed by atoms with Crippen LogP contribution in [0, 0.1) is 16.2 Å². The van der Waals surface area contributed by atoms with Gasteiger partial charge in [0.05, 0.1) is 10.6 Å². The summed E-state index contributed by atoms with van der Waals surface area (Å²) in [6.45, 7) is 8.84. The summed E-state index contributed by atoms with van der Waals surface area (Å²) in [5.74, 6) is -0.680. The van der Waals surface area contributed by atoms with Crippen molar-refractivity contribution < 1.29 is 43.6 Å². The van der Waals surface area contributed by atoms with Crippen LogP contribution in [0.25, 0.3) is 0 Å². The average molecular weight is 938 g/mol. The molecule has 4 aliphatic carbocycles. The molecule has 0 radical (unpaired) electrons. The van der Waals surface area contributed by atoms with Crippen LogP contribution in [0.2, 0.25) is 0 Å². The normalized spacial score (nSPS) is 23.3. The van der Waals surface area contributed by atoms with Crippen LogP contribution in [0.5, 0.6) is 0 Å². The van der Waals surface area contributed by atoms with Gasteiger partial charge in [0.15, 0.2) is 0 Å². The highest BCUT2D eigenvalue weighted by Gasteiger charge is 2.73. The third kappa shape index (κ3) is 10.2. The van der Waals surface area contributed by atoms with Gasteiger partial charge < -0.3 is 15.1 Å². The van der Waals surface area contributed by atoms with E-state index in [9.17, 15) is 43.6 Å². The second-order valence-electron chi connectivity index (χ2n) is 18.8. The van der Waals surface area contributed by atoms with E-state index in [-0.39, 0.29) is 16.4 Å². The predicted octanol–water partition coefficient (Wildman–Crippen LogP) is 8.69. The van der Waals surface area contributed by atoms with Crippen molar-refractivity contribution in [1.29, 1.82) is 0 Å². The molecule has 1 saturated heterocycles. The molecule has 344 valence electrons. The molecule has 0 spiro atoms. The van der Waals surface area contributed by atoms with E-state index in [1.807, 2.05) is 54.0 Å². The van der Waals surface area contributed by atoms with Crippen LogP contribution >= 0.6 is 11.8 Å². The molecular weight excluding hydrogens is 882 g/mol. The van der Waals surface area contributed by atoms with Gasteiger partial charge in [-0.3, -0.25) is 9.69 Å². The summed E-state index contributed by atoms with van der Waals surface area (Å²) in [4.78, 5) is 18.5. The molecule has 1 atom stereocenters. The second kappa shape index (κ2) is 17.9. The largest absolute Gasteiger partial charge is 0.501 e. The van der Waals surface area contributed by atoms with Gasteiger partial charge in [-0.2, -0.15) is 13.2 Å². The van der Waals surface area contributed by atoms with E-state index in [2.05, 4.69) is 29.0 Å². The second-order valence-corrected chi connectivity index (χ2v) is 23.5. The van der Waals surface area contributed by atoms with Crippen LogP contribution in [0.3, 0.4) is 0 Å². The van der Waals surface area contributed by atoms with Crippen LogP contribution < -0.4 is 14.9 Å². The molecule has 1 unspecified atom stereocenters. The minimum absolute atomic E-state index is 0.0241. The number of sulfonamides is 1. The number of carbonyl (C=O) groups excluding carboxylic acids is 1. The Hall–Kier alpha value is -3.71. The fraction of sp³-hybridized carbons (Fsp3) is 0.533. The zero-order chi connectivity index (χ0) is 45.6. The van der Waals surface area contributed by atoms with E-state index in [0.29, 0.717) is 57.1 Å². The van der Waals surface area contributed by atoms with E-state index >= 15 is 0 Å². The lowest BCUT2D eigenvalue weighted by Crippen LogP contribution is -2.66. The quantitative estimate of drug-likeness (QED) is 0.0774. The van der Waals surface area contributed by atoms with Crippen molar-refractivity contribution in [3.8, 4) is 0 Å². The van der Waals surface area contributed by atoms with Crippen LogP contribution in [-0.4, -0.2) is 110 Å². The molecule has 10 nitrogen and oxygen atoms in total. The first-order valence-electron chi connectivity index (χ1n) is 21.2. The number of rotatable bonds is 17. The van der Waals surface area contributed by atoms with Crippen molar-refractivity contribution in [2.45, 2.75) is 91.5 Å². The van der Waals surface area contributed by atoms with Gasteiger partial charge in [0.25, 0.3) is 25.8 Å². The lowest BCUT2D eigenvalue weighted by Gasteiger charge is -2.72. The lowest BCUT2D eigenvalue weighted by atomic mass is 9.32. The molecule has 63 heavy (non-hydrogen) atoms. The van der Waals surface area contributed by atoms with Gasteiger partial charge in [-0.05, 0) is 131 Å². The highest BCUT2D eigenvalue weighted by Crippen LogP contribution is 2.79. The Labute approximate surface area is 372 Å². The summed E-state index contributed by atoms with van der Waals surface area (Å²) >= 11 is 1.43. The first-order valence-corrected chi connectivity index (χ1v) is 25.2. The number of hydrogen-bond donors (Lipinski definition) is 2. The number of thioether (sulfide) groups is 1. The minimum atomic E-state index is -6.05. The summed E-state index contributed by atoms with van der Waals surface area (Å²) < 4.78 is 124. The summed E-state index contributed by atoms with van der Waals surface area (Å²) in [5, 5.41) is 2.93. The molecule has 1 amide bonds. The van der Waals surface area contributed by atoms with Crippen LogP contribution in [0.1, 0.15) is 69.2 Å². The zero-order valence-electron chi connectivity index (χ0n) is 36.0. The summed E-state index contributed by atoms with van der Waals surface area (Å²) in [5.41, 5.74) is -3.18. The Bertz CT molecular complexity index is 2380. The number of carbonyl (C=O) groups is 1. The maximum atomic E-state index is 14.1. The van der Waals surface area contributed by atoms with Gasteiger partial charge in [0, 0.05) is 66.1 Å². The van der Waals surface area contributed by atoms with Gasteiger partial charge in [-0.1, -0.05) is 43.2 Å². The maximum Gasteiger partial charge on any atom is 0.501 e. The van der Waals surface area contributed by atoms with Gasteiger partial charge in [0.2, 0.25) is 6.43 Å². The lowest BCUT2D eigenvalue weighted by molar-refractivity contribution is -0.250. The van der Waals surface area contributed by atoms with E-state index in [0.717, 1.165) is 61.6 Å². The Morgan fingerprint density at radius 3 is 2.16 bits per heavy atom. The Kier molecular flexibility index (Phi) is 13.5. The van der Waals surface area contributed by atoms with Crippen molar-refractivity contribution in [3.63, 3.8) is 0 Å². The first kappa shape index (κ1) is 47.3. The number of nitrogens with one attached hydrogen (secondary N) is 2. The molecule has 4 fully saturated rings. The van der Waals surface area contributed by atoms with Crippen molar-refractivity contribution in [2.75, 3.05) is 69.3 Å². The van der Waals surface area contributed by atoms with Gasteiger partial charge in [-0.25, -0.2) is 30.3 Å². The van der Waals surface area contributed by atoms with E-state index in [1.54, 1.807) is 12.1 Å². The van der Waals surface area contributed by atoms with Crippen LogP contribution in [0.4, 0.5) is 33.3 Å². The summed E-state index contributed by atoms with van der Waals surface area (Å²) in [6.07, 6.45) is 2.99. The number of sulfone groups is 1. The molecule has 2 N–H and O–H groups in total. The van der Waals surface area contributed by atoms with Crippen LogP contribution in [0.15, 0.2) is 98.6 Å². The Morgan fingerprint density at radius 1 is 0.905 bits per heavy atom. The molecule has 3 aromatic carbocycles. The molecule has 3 saturated carbocycles. The Balaban J connectivity index is 0.999. The summed E-state index contributed by atoms with van der Waals surface area (Å²) in [6, 6.07) is 17.5. The third-order valence-corrected chi connectivity index (χ3v) is 17.2. The molecule has 18 heteroatoms. The predicted molar refractivity (Wildman–Crippen MR) is 237 cm³/mol. The average Bonchev–Trinajstić information content (AvgIpc) is 3.18. The number of nitrogens with zero attached hydrogens (tertiary/aromatic N) is 3. The molecule has 0 aromatic heterocycles. The fourth-order valence-electron chi connectivity index (χ4n) is 9.67. The van der Waals surface area contributed by atoms with Crippen molar-refractivity contribution in [1.82, 2.24) is 14.5 Å². The van der Waals surface area contributed by atoms with E-state index in [4.69, 9.17) is 0 Å². The van der Waals surface area contributed by atoms with Crippen molar-refractivity contribution >= 4 is 48.9 Å². The molecule has 8 rings (SSSR count). The molecule has 5 aliphatic rings. The molecular formula is C45H56F5N5O5S3. The SMILES string of the molecule is CN(C)CCC(CSc1ccccc1)Nc1ccc(S(=O)(=O)NC(=O)c2ccc(N3CCN(CC4=C(C56CC(C(F)F)(C5)C6)CC(C)(C)CC4)CC3)cc2)cc1S(=O)(=O)C(F)(F)F. The molecule has 3 aromatic rings. The van der Waals surface area contributed by atoms with Gasteiger partial charge in [-0.15, -0.1) is 11.8 Å². The standard InChI is InChI=1S/C45H56F5N5O5S3/c1-42(2)18-16-32(37(25-42)43-28-44(29-43,30-43)41(46)47)26-54-20-22-55(23-21-54)34-12-10-31(11-13-34)40(56)52-63(59,60)36-14-15-38(39(24-36)62(57,58)45(48,49)50)51-33(17-19-53(3)4)27-61-35-8-6-5-7-9-35/h5-15,24,33,41,51H,16-23,25-30H2,1-4H3,(H,52,56). The first-order chi connectivity index (χ1) is 29.5. The highest BCUT2D eigenvalue weighted by atomic mass is 32.2. The number of anilines is 2. The highest BCUT2D eigenvalue weighted by molar-refractivity contribution is 7.99. The number of allylic oxidation sites excluding steroid dienone is 1. The number of piperazine rings is 1. The third-order valence-electron chi connectivity index (χ3n) is 13.2. The van der Waals surface area contributed by atoms with Gasteiger partial charge in [0.1, 0.15) is 4.90 Å². The molecule has 1 heterocycles. The number of hydrogen-bond acceptors (Lipinski definition) is 10. The molecule has 1 aliphatic heterocycles. The fourth-order valence-corrected chi connectivity index (χ4v) is 12.7. The number of benzene rings is 3. The van der Waals surface area contributed by atoms with Crippen LogP contribution in [-0.2, 0) is 19.9 Å². The maximum absolute atomic E-state index is 14.1. The topological polar surface area (TPSA) is 119 Å². The molecule has 2 bridgehead atoms. The monoisotopic (exact) mass is 937 g/mol. The Morgan fingerprint density at radius 2 is 1.56 bits per heavy atom. The van der Waals surface area contributed by atoms with Crippen molar-refractivity contribution in [3.05, 3.63) is 89.5 Å². The minimum Gasteiger partial charge on any atom is -0.380 e. The van der Waals surface area contributed by atoms with Gasteiger partial charge >= 0.3 is 5.51 Å².